The normalized spacial score (nSPS) is 12.6. The maximum absolute atomic E-state index is 12.0. The summed E-state index contributed by atoms with van der Waals surface area (Å²) in [5.74, 6) is -0.0165. The first kappa shape index (κ1) is 14.8. The van der Waals surface area contributed by atoms with Crippen LogP contribution < -0.4 is 9.88 Å². The SMILES string of the molecule is Cc1c(OCC(F)(F)F)ccc(S(N)(=O)=O)c1C. The number of ether oxygens (including phenoxy) is 1. The van der Waals surface area contributed by atoms with Gasteiger partial charge in [-0.3, -0.25) is 0 Å². The molecule has 1 rings (SSSR count). The lowest BCUT2D eigenvalue weighted by atomic mass is 10.1. The Kier molecular flexibility index (Phi) is 3.92. The molecule has 1 aromatic carbocycles. The summed E-state index contributed by atoms with van der Waals surface area (Å²) < 4.78 is 63.0. The molecule has 0 saturated heterocycles. The van der Waals surface area contributed by atoms with Gasteiger partial charge in [0.15, 0.2) is 6.61 Å². The quantitative estimate of drug-likeness (QED) is 0.921. The van der Waals surface area contributed by atoms with Gasteiger partial charge in [0.1, 0.15) is 5.75 Å². The fourth-order valence-electron chi connectivity index (χ4n) is 1.40. The molecule has 2 N–H and O–H groups in total. The Morgan fingerprint density at radius 1 is 1.22 bits per heavy atom. The molecule has 8 heteroatoms. The van der Waals surface area contributed by atoms with Crippen LogP contribution >= 0.6 is 0 Å². The van der Waals surface area contributed by atoms with Gasteiger partial charge in [-0.15, -0.1) is 0 Å². The highest BCUT2D eigenvalue weighted by Crippen LogP contribution is 2.27. The Labute approximate surface area is 103 Å². The standard InChI is InChI=1S/C10H12F3NO3S/c1-6-7(2)9(18(14,15)16)4-3-8(6)17-5-10(11,12)13/h3-4H,5H2,1-2H3,(H2,14,15,16). The van der Waals surface area contributed by atoms with Crippen LogP contribution in [0.5, 0.6) is 5.75 Å². The highest BCUT2D eigenvalue weighted by molar-refractivity contribution is 7.89. The maximum atomic E-state index is 12.0. The second-order valence-electron chi connectivity index (χ2n) is 3.76. The van der Waals surface area contributed by atoms with Gasteiger partial charge in [0, 0.05) is 0 Å². The molecule has 0 fully saturated rings. The van der Waals surface area contributed by atoms with Crippen molar-refractivity contribution in [2.24, 2.45) is 5.14 Å². The first-order valence-electron chi connectivity index (χ1n) is 4.85. The number of nitrogens with two attached hydrogens (primary N) is 1. The Balaban J connectivity index is 3.10. The number of primary sulfonamides is 1. The zero-order valence-corrected chi connectivity index (χ0v) is 10.5. The van der Waals surface area contributed by atoms with Gasteiger partial charge >= 0.3 is 6.18 Å². The third-order valence-electron chi connectivity index (χ3n) is 2.39. The third kappa shape index (κ3) is 3.61. The van der Waals surface area contributed by atoms with E-state index < -0.39 is 22.8 Å². The fourth-order valence-corrected chi connectivity index (χ4v) is 2.23. The number of alkyl halides is 3. The van der Waals surface area contributed by atoms with Crippen molar-refractivity contribution in [1.82, 2.24) is 0 Å². The first-order valence-corrected chi connectivity index (χ1v) is 6.39. The molecule has 0 saturated carbocycles. The number of hydrogen-bond acceptors (Lipinski definition) is 3. The van der Waals surface area contributed by atoms with E-state index in [4.69, 9.17) is 5.14 Å². The smallest absolute Gasteiger partial charge is 0.422 e. The predicted molar refractivity (Wildman–Crippen MR) is 58.8 cm³/mol. The molecule has 0 radical (unpaired) electrons. The van der Waals surface area contributed by atoms with E-state index in [1.165, 1.54) is 13.8 Å². The minimum absolute atomic E-state index is 0.0165. The van der Waals surface area contributed by atoms with E-state index in [0.29, 0.717) is 5.56 Å². The summed E-state index contributed by atoms with van der Waals surface area (Å²) in [4.78, 5) is -0.126. The van der Waals surface area contributed by atoms with Gasteiger partial charge in [-0.1, -0.05) is 0 Å². The van der Waals surface area contributed by atoms with E-state index in [9.17, 15) is 21.6 Å². The first-order chi connectivity index (χ1) is 8.02. The van der Waals surface area contributed by atoms with Crippen molar-refractivity contribution >= 4 is 10.0 Å². The summed E-state index contributed by atoms with van der Waals surface area (Å²) in [7, 11) is -3.89. The summed E-state index contributed by atoms with van der Waals surface area (Å²) in [6.07, 6.45) is -4.45. The summed E-state index contributed by atoms with van der Waals surface area (Å²) >= 11 is 0. The van der Waals surface area contributed by atoms with E-state index in [0.717, 1.165) is 12.1 Å². The third-order valence-corrected chi connectivity index (χ3v) is 3.44. The van der Waals surface area contributed by atoms with Crippen LogP contribution in [-0.2, 0) is 10.0 Å². The highest BCUT2D eigenvalue weighted by atomic mass is 32.2. The molecular formula is C10H12F3NO3S. The molecule has 0 bridgehead atoms. The molecule has 18 heavy (non-hydrogen) atoms. The summed E-state index contributed by atoms with van der Waals surface area (Å²) in [5.41, 5.74) is 0.586. The van der Waals surface area contributed by atoms with Gasteiger partial charge in [0.2, 0.25) is 10.0 Å². The van der Waals surface area contributed by atoms with Crippen molar-refractivity contribution in [2.45, 2.75) is 24.9 Å². The number of sulfonamides is 1. The predicted octanol–water partition coefficient (Wildman–Crippen LogP) is 1.89. The van der Waals surface area contributed by atoms with Crippen LogP contribution in [0.15, 0.2) is 17.0 Å². The van der Waals surface area contributed by atoms with E-state index in [1.54, 1.807) is 0 Å². The number of halogens is 3. The van der Waals surface area contributed by atoms with Gasteiger partial charge in [-0.2, -0.15) is 13.2 Å². The lowest BCUT2D eigenvalue weighted by Crippen LogP contribution is -2.20. The van der Waals surface area contributed by atoms with Gasteiger partial charge < -0.3 is 4.74 Å². The molecule has 0 unspecified atom stereocenters. The molecule has 0 aliphatic heterocycles. The van der Waals surface area contributed by atoms with Gasteiger partial charge in [0.25, 0.3) is 0 Å². The molecule has 0 atom stereocenters. The fraction of sp³-hybridized carbons (Fsp3) is 0.400. The molecule has 0 spiro atoms. The Hall–Kier alpha value is -1.28. The van der Waals surface area contributed by atoms with E-state index in [1.807, 2.05) is 0 Å². The Morgan fingerprint density at radius 3 is 2.22 bits per heavy atom. The molecule has 1 aromatic rings. The number of hydrogen-bond donors (Lipinski definition) is 1. The van der Waals surface area contributed by atoms with Crippen LogP contribution in [0, 0.1) is 13.8 Å². The minimum Gasteiger partial charge on any atom is -0.484 e. The van der Waals surface area contributed by atoms with Crippen molar-refractivity contribution < 1.29 is 26.3 Å². The van der Waals surface area contributed by atoms with Crippen LogP contribution in [0.25, 0.3) is 0 Å². The Bertz CT molecular complexity index is 552. The van der Waals surface area contributed by atoms with Gasteiger partial charge in [0.05, 0.1) is 4.90 Å². The minimum atomic E-state index is -4.45. The second-order valence-corrected chi connectivity index (χ2v) is 5.29. The van der Waals surface area contributed by atoms with E-state index in [2.05, 4.69) is 4.74 Å². The van der Waals surface area contributed by atoms with Crippen LogP contribution in [0.1, 0.15) is 11.1 Å². The average Bonchev–Trinajstić information content (AvgIpc) is 2.17. The van der Waals surface area contributed by atoms with E-state index >= 15 is 0 Å². The topological polar surface area (TPSA) is 69.4 Å². The van der Waals surface area contributed by atoms with Crippen molar-refractivity contribution in [3.8, 4) is 5.75 Å². The van der Waals surface area contributed by atoms with Gasteiger partial charge in [-0.05, 0) is 37.1 Å². The van der Waals surface area contributed by atoms with Gasteiger partial charge in [-0.25, -0.2) is 13.6 Å². The highest BCUT2D eigenvalue weighted by Gasteiger charge is 2.29. The van der Waals surface area contributed by atoms with Crippen LogP contribution in [0.4, 0.5) is 13.2 Å². The van der Waals surface area contributed by atoms with Crippen LogP contribution in [-0.4, -0.2) is 21.2 Å². The Morgan fingerprint density at radius 2 is 1.78 bits per heavy atom. The number of rotatable bonds is 3. The van der Waals surface area contributed by atoms with Crippen molar-refractivity contribution in [3.05, 3.63) is 23.3 Å². The number of benzene rings is 1. The summed E-state index contributed by atoms with van der Waals surface area (Å²) in [6.45, 7) is 1.49. The maximum Gasteiger partial charge on any atom is 0.422 e. The zero-order chi connectivity index (χ0) is 14.1. The summed E-state index contributed by atoms with van der Waals surface area (Å²) in [6, 6.07) is 2.29. The second kappa shape index (κ2) is 4.77. The van der Waals surface area contributed by atoms with E-state index in [-0.39, 0.29) is 16.2 Å². The molecule has 0 heterocycles. The van der Waals surface area contributed by atoms with Crippen molar-refractivity contribution in [1.29, 1.82) is 0 Å². The molecule has 0 aromatic heterocycles. The zero-order valence-electron chi connectivity index (χ0n) is 9.71. The molecule has 0 aliphatic rings. The molecule has 0 aliphatic carbocycles. The van der Waals surface area contributed by atoms with Crippen molar-refractivity contribution in [2.75, 3.05) is 6.61 Å². The largest absolute Gasteiger partial charge is 0.484 e. The molecule has 0 amide bonds. The molecule has 4 nitrogen and oxygen atoms in total. The van der Waals surface area contributed by atoms with Crippen molar-refractivity contribution in [3.63, 3.8) is 0 Å². The van der Waals surface area contributed by atoms with Crippen LogP contribution in [0.2, 0.25) is 0 Å². The molecular weight excluding hydrogens is 271 g/mol. The average molecular weight is 283 g/mol. The monoisotopic (exact) mass is 283 g/mol. The lowest BCUT2D eigenvalue weighted by molar-refractivity contribution is -0.153. The molecule has 102 valence electrons. The summed E-state index contributed by atoms with van der Waals surface area (Å²) in [5, 5.41) is 4.97. The lowest BCUT2D eigenvalue weighted by Gasteiger charge is -2.14. The van der Waals surface area contributed by atoms with Crippen LogP contribution in [0.3, 0.4) is 0 Å².